The molecule has 1 aromatic rings. The van der Waals surface area contributed by atoms with E-state index in [4.69, 9.17) is 4.74 Å². The van der Waals surface area contributed by atoms with Crippen molar-refractivity contribution in [3.05, 3.63) is 21.5 Å². The van der Waals surface area contributed by atoms with Gasteiger partial charge in [-0.2, -0.15) is 0 Å². The molecule has 0 aromatic carbocycles. The molecule has 0 saturated heterocycles. The van der Waals surface area contributed by atoms with Gasteiger partial charge >= 0.3 is 0 Å². The third-order valence-corrected chi connectivity index (χ3v) is 3.00. The van der Waals surface area contributed by atoms with Gasteiger partial charge in [-0.3, -0.25) is 0 Å². The molecule has 1 fully saturated rings. The SMILES string of the molecule is Cc1c(OC2CC2)ccnc1I. The summed E-state index contributed by atoms with van der Waals surface area (Å²) < 4.78 is 6.73. The molecule has 1 aliphatic carbocycles. The van der Waals surface area contributed by atoms with Crippen LogP contribution in [0.2, 0.25) is 0 Å². The van der Waals surface area contributed by atoms with Crippen LogP contribution >= 0.6 is 22.6 Å². The second-order valence-corrected chi connectivity index (χ2v) is 4.06. The predicted octanol–water partition coefficient (Wildman–Crippen LogP) is 2.54. The smallest absolute Gasteiger partial charge is 0.126 e. The lowest BCUT2D eigenvalue weighted by Gasteiger charge is -2.07. The zero-order valence-corrected chi connectivity index (χ0v) is 9.04. The summed E-state index contributed by atoms with van der Waals surface area (Å²) in [5.74, 6) is 0.997. The van der Waals surface area contributed by atoms with E-state index in [1.807, 2.05) is 13.0 Å². The highest BCUT2D eigenvalue weighted by Crippen LogP contribution is 2.29. The van der Waals surface area contributed by atoms with Crippen LogP contribution in [0.25, 0.3) is 0 Å². The molecule has 3 heteroatoms. The standard InChI is InChI=1S/C9H10INO/c1-6-8(12-7-2-3-7)4-5-11-9(6)10/h4-5,7H,2-3H2,1H3. The molecule has 2 rings (SSSR count). The number of rotatable bonds is 2. The van der Waals surface area contributed by atoms with Gasteiger partial charge in [0.2, 0.25) is 0 Å². The van der Waals surface area contributed by atoms with E-state index in [9.17, 15) is 0 Å². The number of ether oxygens (including phenoxy) is 1. The molecule has 64 valence electrons. The molecule has 1 aliphatic rings. The number of halogens is 1. The van der Waals surface area contributed by atoms with Crippen molar-refractivity contribution in [3.8, 4) is 5.75 Å². The quantitative estimate of drug-likeness (QED) is 0.611. The summed E-state index contributed by atoms with van der Waals surface area (Å²) in [5, 5.41) is 0. The molecule has 0 unspecified atom stereocenters. The van der Waals surface area contributed by atoms with Crippen molar-refractivity contribution in [1.82, 2.24) is 4.98 Å². The zero-order valence-electron chi connectivity index (χ0n) is 6.88. The Balaban J connectivity index is 2.23. The first-order chi connectivity index (χ1) is 5.77. The van der Waals surface area contributed by atoms with Gasteiger partial charge in [-0.1, -0.05) is 0 Å². The average molecular weight is 275 g/mol. The lowest BCUT2D eigenvalue weighted by Crippen LogP contribution is -1.99. The van der Waals surface area contributed by atoms with Gasteiger partial charge < -0.3 is 4.74 Å². The fraction of sp³-hybridized carbons (Fsp3) is 0.444. The van der Waals surface area contributed by atoms with Crippen molar-refractivity contribution < 1.29 is 4.74 Å². The van der Waals surface area contributed by atoms with Crippen LogP contribution in [0.15, 0.2) is 12.3 Å². The van der Waals surface area contributed by atoms with Crippen LogP contribution in [0.5, 0.6) is 5.75 Å². The lowest BCUT2D eigenvalue weighted by molar-refractivity contribution is 0.300. The highest BCUT2D eigenvalue weighted by atomic mass is 127. The summed E-state index contributed by atoms with van der Waals surface area (Å²) in [6.07, 6.45) is 4.69. The monoisotopic (exact) mass is 275 g/mol. The van der Waals surface area contributed by atoms with Crippen LogP contribution in [0.1, 0.15) is 18.4 Å². The number of pyridine rings is 1. The largest absolute Gasteiger partial charge is 0.490 e. The van der Waals surface area contributed by atoms with E-state index in [0.29, 0.717) is 6.10 Å². The minimum atomic E-state index is 0.474. The molecule has 1 heterocycles. The molecule has 1 saturated carbocycles. The summed E-state index contributed by atoms with van der Waals surface area (Å²) in [5.41, 5.74) is 1.16. The Hall–Kier alpha value is -0.320. The van der Waals surface area contributed by atoms with Crippen molar-refractivity contribution in [2.45, 2.75) is 25.9 Å². The van der Waals surface area contributed by atoms with Crippen LogP contribution in [0.4, 0.5) is 0 Å². The molecule has 2 nitrogen and oxygen atoms in total. The first-order valence-electron chi connectivity index (χ1n) is 4.05. The molecule has 12 heavy (non-hydrogen) atoms. The number of aromatic nitrogens is 1. The fourth-order valence-corrected chi connectivity index (χ4v) is 1.41. The first kappa shape index (κ1) is 8.29. The molecular formula is C9H10INO. The Morgan fingerprint density at radius 3 is 3.00 bits per heavy atom. The summed E-state index contributed by atoms with van der Waals surface area (Å²) in [7, 11) is 0. The maximum Gasteiger partial charge on any atom is 0.126 e. The maximum absolute atomic E-state index is 5.69. The molecule has 0 spiro atoms. The predicted molar refractivity (Wildman–Crippen MR) is 55.3 cm³/mol. The Morgan fingerprint density at radius 2 is 2.33 bits per heavy atom. The van der Waals surface area contributed by atoms with Crippen molar-refractivity contribution in [1.29, 1.82) is 0 Å². The van der Waals surface area contributed by atoms with Gasteiger partial charge in [0.25, 0.3) is 0 Å². The van der Waals surface area contributed by atoms with E-state index in [1.54, 1.807) is 6.20 Å². The van der Waals surface area contributed by atoms with Gasteiger partial charge in [-0.05, 0) is 48.4 Å². The van der Waals surface area contributed by atoms with E-state index in [-0.39, 0.29) is 0 Å². The molecule has 0 radical (unpaired) electrons. The summed E-state index contributed by atoms with van der Waals surface area (Å²) in [4.78, 5) is 4.17. The maximum atomic E-state index is 5.69. The normalized spacial score (nSPS) is 16.2. The number of hydrogen-bond donors (Lipinski definition) is 0. The van der Waals surface area contributed by atoms with Gasteiger partial charge in [0.15, 0.2) is 0 Å². The second-order valence-electron chi connectivity index (χ2n) is 3.04. The Labute approximate surface area is 85.5 Å². The van der Waals surface area contributed by atoms with Gasteiger partial charge in [-0.25, -0.2) is 4.98 Å². The second kappa shape index (κ2) is 3.20. The third kappa shape index (κ3) is 1.71. The molecule has 1 aromatic heterocycles. The molecule has 0 N–H and O–H groups in total. The summed E-state index contributed by atoms with van der Waals surface area (Å²) >= 11 is 2.23. The minimum absolute atomic E-state index is 0.474. The topological polar surface area (TPSA) is 22.1 Å². The van der Waals surface area contributed by atoms with E-state index >= 15 is 0 Å². The Kier molecular flexibility index (Phi) is 2.21. The van der Waals surface area contributed by atoms with Crippen LogP contribution in [-0.4, -0.2) is 11.1 Å². The van der Waals surface area contributed by atoms with E-state index in [2.05, 4.69) is 27.6 Å². The zero-order chi connectivity index (χ0) is 8.55. The van der Waals surface area contributed by atoms with E-state index in [0.717, 1.165) is 15.0 Å². The van der Waals surface area contributed by atoms with Crippen molar-refractivity contribution in [2.24, 2.45) is 0 Å². The van der Waals surface area contributed by atoms with Gasteiger partial charge in [0.05, 0.1) is 6.10 Å². The summed E-state index contributed by atoms with van der Waals surface area (Å²) in [6.45, 7) is 2.05. The van der Waals surface area contributed by atoms with Crippen LogP contribution in [0.3, 0.4) is 0 Å². The Bertz CT molecular complexity index is 297. The number of hydrogen-bond acceptors (Lipinski definition) is 2. The van der Waals surface area contributed by atoms with Crippen LogP contribution < -0.4 is 4.74 Å². The van der Waals surface area contributed by atoms with E-state index < -0.39 is 0 Å². The van der Waals surface area contributed by atoms with Crippen molar-refractivity contribution in [2.75, 3.05) is 0 Å². The number of nitrogens with zero attached hydrogens (tertiary/aromatic N) is 1. The highest BCUT2D eigenvalue weighted by Gasteiger charge is 2.24. The molecular weight excluding hydrogens is 265 g/mol. The van der Waals surface area contributed by atoms with Crippen LogP contribution in [0, 0.1) is 10.6 Å². The Morgan fingerprint density at radius 1 is 1.58 bits per heavy atom. The minimum Gasteiger partial charge on any atom is -0.490 e. The van der Waals surface area contributed by atoms with Crippen molar-refractivity contribution in [3.63, 3.8) is 0 Å². The summed E-state index contributed by atoms with van der Waals surface area (Å²) in [6, 6.07) is 1.94. The van der Waals surface area contributed by atoms with Gasteiger partial charge in [0, 0.05) is 11.8 Å². The van der Waals surface area contributed by atoms with Crippen LogP contribution in [-0.2, 0) is 0 Å². The molecule has 0 aliphatic heterocycles. The molecule has 0 atom stereocenters. The van der Waals surface area contributed by atoms with Gasteiger partial charge in [0.1, 0.15) is 9.45 Å². The molecule has 0 amide bonds. The molecule has 0 bridgehead atoms. The van der Waals surface area contributed by atoms with E-state index in [1.165, 1.54) is 12.8 Å². The third-order valence-electron chi connectivity index (χ3n) is 1.91. The average Bonchev–Trinajstić information content (AvgIpc) is 2.83. The highest BCUT2D eigenvalue weighted by molar-refractivity contribution is 14.1. The first-order valence-corrected chi connectivity index (χ1v) is 5.13. The fourth-order valence-electron chi connectivity index (χ4n) is 0.987. The van der Waals surface area contributed by atoms with Gasteiger partial charge in [-0.15, -0.1) is 0 Å². The van der Waals surface area contributed by atoms with Crippen molar-refractivity contribution >= 4 is 22.6 Å². The lowest BCUT2D eigenvalue weighted by atomic mass is 10.3.